The lowest BCUT2D eigenvalue weighted by molar-refractivity contribution is 0.0768. The summed E-state index contributed by atoms with van der Waals surface area (Å²) in [6.07, 6.45) is 9.43. The Balaban J connectivity index is 1.97. The van der Waals surface area contributed by atoms with Crippen molar-refractivity contribution in [3.05, 3.63) is 12.2 Å². The number of rotatable bonds is 7. The van der Waals surface area contributed by atoms with Crippen molar-refractivity contribution in [2.75, 3.05) is 26.8 Å². The minimum atomic E-state index is 0.749. The van der Waals surface area contributed by atoms with E-state index in [1.54, 1.807) is 0 Å². The third-order valence-corrected chi connectivity index (χ3v) is 3.22. The van der Waals surface area contributed by atoms with E-state index in [0.717, 1.165) is 31.6 Å². The molecule has 0 spiro atoms. The maximum absolute atomic E-state index is 5.73. The summed E-state index contributed by atoms with van der Waals surface area (Å²) in [5.41, 5.74) is 0. The fraction of sp³-hybridized carbons (Fsp3) is 0.846. The van der Waals surface area contributed by atoms with E-state index in [1.165, 1.54) is 25.7 Å². The Morgan fingerprint density at radius 2 is 2.07 bits per heavy atom. The van der Waals surface area contributed by atoms with Crippen LogP contribution in [0.3, 0.4) is 0 Å². The molecule has 0 saturated heterocycles. The van der Waals surface area contributed by atoms with Gasteiger partial charge < -0.3 is 10.1 Å². The van der Waals surface area contributed by atoms with E-state index in [0.29, 0.717) is 0 Å². The summed E-state index contributed by atoms with van der Waals surface area (Å²) in [5, 5.41) is 3.15. The molecule has 0 saturated carbocycles. The van der Waals surface area contributed by atoms with Gasteiger partial charge in [0.15, 0.2) is 0 Å². The van der Waals surface area contributed by atoms with Gasteiger partial charge in [-0.3, -0.25) is 0 Å². The first kappa shape index (κ1) is 12.7. The zero-order chi connectivity index (χ0) is 10.9. The normalized spacial score (nSPS) is 25.7. The zero-order valence-corrected chi connectivity index (χ0v) is 10.2. The van der Waals surface area contributed by atoms with Crippen molar-refractivity contribution in [1.29, 1.82) is 0 Å². The van der Waals surface area contributed by atoms with Gasteiger partial charge in [-0.2, -0.15) is 0 Å². The number of ether oxygens (including phenoxy) is 1. The average Bonchev–Trinajstić information content (AvgIpc) is 2.25. The topological polar surface area (TPSA) is 21.3 Å². The Bertz CT molecular complexity index is 179. The SMILES string of the molecule is CNCCCCOCC1CC=CCC1C. The summed E-state index contributed by atoms with van der Waals surface area (Å²) in [5.74, 6) is 1.55. The first-order valence-electron chi connectivity index (χ1n) is 6.22. The van der Waals surface area contributed by atoms with Crippen LogP contribution in [0.5, 0.6) is 0 Å². The molecule has 0 aliphatic heterocycles. The van der Waals surface area contributed by atoms with Gasteiger partial charge in [0, 0.05) is 13.2 Å². The highest BCUT2D eigenvalue weighted by molar-refractivity contribution is 4.93. The fourth-order valence-corrected chi connectivity index (χ4v) is 1.98. The fourth-order valence-electron chi connectivity index (χ4n) is 1.98. The molecule has 0 amide bonds. The molecule has 2 heteroatoms. The highest BCUT2D eigenvalue weighted by Crippen LogP contribution is 2.24. The molecule has 0 aromatic rings. The summed E-state index contributed by atoms with van der Waals surface area (Å²) >= 11 is 0. The van der Waals surface area contributed by atoms with Crippen LogP contribution in [0.15, 0.2) is 12.2 Å². The van der Waals surface area contributed by atoms with Crippen molar-refractivity contribution in [1.82, 2.24) is 5.32 Å². The van der Waals surface area contributed by atoms with Crippen LogP contribution in [0.25, 0.3) is 0 Å². The van der Waals surface area contributed by atoms with Gasteiger partial charge in [0.1, 0.15) is 0 Å². The third kappa shape index (κ3) is 5.33. The van der Waals surface area contributed by atoms with Crippen molar-refractivity contribution in [3.63, 3.8) is 0 Å². The Kier molecular flexibility index (Phi) is 6.69. The number of hydrogen-bond donors (Lipinski definition) is 1. The molecule has 1 aliphatic carbocycles. The van der Waals surface area contributed by atoms with Gasteiger partial charge in [-0.15, -0.1) is 0 Å². The minimum Gasteiger partial charge on any atom is -0.381 e. The minimum absolute atomic E-state index is 0.749. The molecular weight excluding hydrogens is 186 g/mol. The third-order valence-electron chi connectivity index (χ3n) is 3.22. The highest BCUT2D eigenvalue weighted by Gasteiger charge is 2.17. The van der Waals surface area contributed by atoms with E-state index in [4.69, 9.17) is 4.74 Å². The van der Waals surface area contributed by atoms with Crippen molar-refractivity contribution < 1.29 is 4.74 Å². The predicted octanol–water partition coefficient (Wildman–Crippen LogP) is 2.60. The monoisotopic (exact) mass is 211 g/mol. The molecule has 15 heavy (non-hydrogen) atoms. The lowest BCUT2D eigenvalue weighted by Gasteiger charge is -2.24. The van der Waals surface area contributed by atoms with Crippen molar-refractivity contribution in [2.24, 2.45) is 11.8 Å². The summed E-state index contributed by atoms with van der Waals surface area (Å²) in [7, 11) is 2.00. The molecule has 2 atom stereocenters. The van der Waals surface area contributed by atoms with E-state index in [2.05, 4.69) is 24.4 Å². The summed E-state index contributed by atoms with van der Waals surface area (Å²) < 4.78 is 5.73. The molecule has 0 heterocycles. The highest BCUT2D eigenvalue weighted by atomic mass is 16.5. The van der Waals surface area contributed by atoms with Gasteiger partial charge in [0.25, 0.3) is 0 Å². The van der Waals surface area contributed by atoms with Crippen molar-refractivity contribution in [3.8, 4) is 0 Å². The van der Waals surface area contributed by atoms with Crippen molar-refractivity contribution >= 4 is 0 Å². The lowest BCUT2D eigenvalue weighted by Crippen LogP contribution is -2.20. The quantitative estimate of drug-likeness (QED) is 0.516. The summed E-state index contributed by atoms with van der Waals surface area (Å²) in [4.78, 5) is 0. The predicted molar refractivity (Wildman–Crippen MR) is 65.0 cm³/mol. The average molecular weight is 211 g/mol. The molecule has 0 aromatic heterocycles. The molecule has 2 nitrogen and oxygen atoms in total. The molecule has 1 rings (SSSR count). The summed E-state index contributed by atoms with van der Waals surface area (Å²) in [6, 6.07) is 0. The van der Waals surface area contributed by atoms with Crippen LogP contribution in [0.4, 0.5) is 0 Å². The lowest BCUT2D eigenvalue weighted by atomic mass is 9.85. The Morgan fingerprint density at radius 3 is 2.80 bits per heavy atom. The largest absolute Gasteiger partial charge is 0.381 e. The van der Waals surface area contributed by atoms with Crippen LogP contribution in [0, 0.1) is 11.8 Å². The zero-order valence-electron chi connectivity index (χ0n) is 10.2. The van der Waals surface area contributed by atoms with Gasteiger partial charge >= 0.3 is 0 Å². The van der Waals surface area contributed by atoms with Gasteiger partial charge in [-0.05, 0) is 51.1 Å². The van der Waals surface area contributed by atoms with E-state index in [1.807, 2.05) is 7.05 Å². The van der Waals surface area contributed by atoms with Crippen LogP contribution in [-0.2, 0) is 4.74 Å². The maximum atomic E-state index is 5.73. The Morgan fingerprint density at radius 1 is 1.27 bits per heavy atom. The van der Waals surface area contributed by atoms with Crippen LogP contribution >= 0.6 is 0 Å². The van der Waals surface area contributed by atoms with Gasteiger partial charge in [0.2, 0.25) is 0 Å². The van der Waals surface area contributed by atoms with Crippen LogP contribution in [-0.4, -0.2) is 26.8 Å². The van der Waals surface area contributed by atoms with E-state index in [9.17, 15) is 0 Å². The second kappa shape index (κ2) is 7.89. The Hall–Kier alpha value is -0.340. The van der Waals surface area contributed by atoms with Crippen molar-refractivity contribution in [2.45, 2.75) is 32.6 Å². The molecular formula is C13H25NO. The number of unbranched alkanes of at least 4 members (excludes halogenated alkanes) is 1. The molecule has 1 aliphatic rings. The molecule has 2 unspecified atom stereocenters. The molecule has 0 radical (unpaired) electrons. The van der Waals surface area contributed by atoms with Crippen LogP contribution in [0.1, 0.15) is 32.6 Å². The number of hydrogen-bond acceptors (Lipinski definition) is 2. The maximum Gasteiger partial charge on any atom is 0.0499 e. The first-order chi connectivity index (χ1) is 7.34. The molecule has 0 fully saturated rings. The molecule has 0 bridgehead atoms. The summed E-state index contributed by atoms with van der Waals surface area (Å²) in [6.45, 7) is 5.31. The van der Waals surface area contributed by atoms with E-state index in [-0.39, 0.29) is 0 Å². The van der Waals surface area contributed by atoms with Crippen LogP contribution in [0.2, 0.25) is 0 Å². The molecule has 1 N–H and O–H groups in total. The molecule has 0 aromatic carbocycles. The first-order valence-corrected chi connectivity index (χ1v) is 6.22. The van der Waals surface area contributed by atoms with Gasteiger partial charge in [0.05, 0.1) is 0 Å². The van der Waals surface area contributed by atoms with E-state index < -0.39 is 0 Å². The van der Waals surface area contributed by atoms with Gasteiger partial charge in [-0.1, -0.05) is 19.1 Å². The smallest absolute Gasteiger partial charge is 0.0499 e. The second-order valence-corrected chi connectivity index (χ2v) is 4.57. The molecule has 88 valence electrons. The second-order valence-electron chi connectivity index (χ2n) is 4.57. The van der Waals surface area contributed by atoms with Gasteiger partial charge in [-0.25, -0.2) is 0 Å². The Labute approximate surface area is 94.1 Å². The standard InChI is InChI=1S/C13H25NO/c1-12-7-3-4-8-13(12)11-15-10-6-5-9-14-2/h3-4,12-14H,5-11H2,1-2H3. The number of nitrogens with one attached hydrogen (secondary N) is 1. The van der Waals surface area contributed by atoms with E-state index >= 15 is 0 Å². The number of allylic oxidation sites excluding steroid dienone is 2. The van der Waals surface area contributed by atoms with Crippen LogP contribution < -0.4 is 5.32 Å².